The fourth-order valence-corrected chi connectivity index (χ4v) is 2.20. The Labute approximate surface area is 124 Å². The van der Waals surface area contributed by atoms with E-state index in [0.29, 0.717) is 26.3 Å². The SMILES string of the molecule is N#CCc1nc(-c2cc(Cl)c(Cl)cc2Cl)ccc1F. The Morgan fingerprint density at radius 1 is 1.11 bits per heavy atom. The second-order valence-corrected chi connectivity index (χ2v) is 4.93. The van der Waals surface area contributed by atoms with Crippen molar-refractivity contribution in [2.24, 2.45) is 0 Å². The molecule has 0 atom stereocenters. The van der Waals surface area contributed by atoms with Crippen LogP contribution in [0.3, 0.4) is 0 Å². The van der Waals surface area contributed by atoms with Gasteiger partial charge in [0.25, 0.3) is 0 Å². The summed E-state index contributed by atoms with van der Waals surface area (Å²) in [6.45, 7) is 0. The summed E-state index contributed by atoms with van der Waals surface area (Å²) in [5, 5.41) is 9.63. The molecule has 0 unspecified atom stereocenters. The highest BCUT2D eigenvalue weighted by atomic mass is 35.5. The van der Waals surface area contributed by atoms with E-state index in [2.05, 4.69) is 4.98 Å². The molecule has 1 aromatic heterocycles. The molecule has 0 N–H and O–H groups in total. The van der Waals surface area contributed by atoms with Crippen LogP contribution in [0.25, 0.3) is 11.3 Å². The van der Waals surface area contributed by atoms with Crippen LogP contribution in [0.2, 0.25) is 15.1 Å². The van der Waals surface area contributed by atoms with Crippen molar-refractivity contribution in [3.05, 3.63) is 50.8 Å². The van der Waals surface area contributed by atoms with Crippen molar-refractivity contribution in [1.29, 1.82) is 5.26 Å². The molecule has 96 valence electrons. The number of nitriles is 1. The minimum Gasteiger partial charge on any atom is -0.249 e. The lowest BCUT2D eigenvalue weighted by atomic mass is 10.1. The summed E-state index contributed by atoms with van der Waals surface area (Å²) in [5.41, 5.74) is 1.05. The number of benzene rings is 1. The van der Waals surface area contributed by atoms with Crippen LogP contribution in [0.1, 0.15) is 5.69 Å². The van der Waals surface area contributed by atoms with E-state index in [0.717, 1.165) is 0 Å². The number of hydrogen-bond acceptors (Lipinski definition) is 2. The lowest BCUT2D eigenvalue weighted by Crippen LogP contribution is -1.96. The van der Waals surface area contributed by atoms with Gasteiger partial charge in [-0.15, -0.1) is 0 Å². The van der Waals surface area contributed by atoms with Gasteiger partial charge in [0, 0.05) is 5.56 Å². The van der Waals surface area contributed by atoms with Crippen molar-refractivity contribution in [3.8, 4) is 17.3 Å². The Balaban J connectivity index is 2.57. The standard InChI is InChI=1S/C13H6Cl3FN2/c14-8-6-10(16)9(15)5-7(8)12-2-1-11(17)13(19-12)3-4-18/h1-2,5-6H,3H2. The molecule has 2 nitrogen and oxygen atoms in total. The van der Waals surface area contributed by atoms with Crippen LogP contribution in [0.15, 0.2) is 24.3 Å². The Morgan fingerprint density at radius 3 is 2.47 bits per heavy atom. The first-order chi connectivity index (χ1) is 9.02. The third-order valence-electron chi connectivity index (χ3n) is 2.45. The number of halogens is 4. The highest BCUT2D eigenvalue weighted by molar-refractivity contribution is 6.44. The average Bonchev–Trinajstić information content (AvgIpc) is 2.37. The number of aromatic nitrogens is 1. The zero-order valence-corrected chi connectivity index (χ0v) is 11.7. The molecule has 0 radical (unpaired) electrons. The van der Waals surface area contributed by atoms with Gasteiger partial charge in [0.1, 0.15) is 5.82 Å². The Hall–Kier alpha value is -1.34. The zero-order valence-electron chi connectivity index (χ0n) is 9.42. The molecular formula is C13H6Cl3FN2. The number of hydrogen-bond donors (Lipinski definition) is 0. The molecule has 2 rings (SSSR count). The molecule has 0 aliphatic rings. The molecule has 0 bridgehead atoms. The van der Waals surface area contributed by atoms with Crippen molar-refractivity contribution < 1.29 is 4.39 Å². The van der Waals surface area contributed by atoms with Crippen LogP contribution in [-0.4, -0.2) is 4.98 Å². The third kappa shape index (κ3) is 2.98. The summed E-state index contributed by atoms with van der Waals surface area (Å²) in [6.07, 6.45) is -0.112. The van der Waals surface area contributed by atoms with E-state index < -0.39 is 5.82 Å². The van der Waals surface area contributed by atoms with Gasteiger partial charge in [0.2, 0.25) is 0 Å². The largest absolute Gasteiger partial charge is 0.249 e. The zero-order chi connectivity index (χ0) is 14.0. The molecule has 0 aliphatic carbocycles. The highest BCUT2D eigenvalue weighted by Crippen LogP contribution is 2.34. The van der Waals surface area contributed by atoms with Gasteiger partial charge in [0.15, 0.2) is 0 Å². The van der Waals surface area contributed by atoms with E-state index >= 15 is 0 Å². The van der Waals surface area contributed by atoms with E-state index in [4.69, 9.17) is 40.1 Å². The van der Waals surface area contributed by atoms with Crippen molar-refractivity contribution in [2.45, 2.75) is 6.42 Å². The molecule has 0 spiro atoms. The molecule has 2 aromatic rings. The minimum absolute atomic E-state index is 0.0714. The van der Waals surface area contributed by atoms with Crippen LogP contribution < -0.4 is 0 Å². The molecule has 1 aromatic carbocycles. The van der Waals surface area contributed by atoms with E-state index in [1.807, 2.05) is 6.07 Å². The smallest absolute Gasteiger partial charge is 0.145 e. The lowest BCUT2D eigenvalue weighted by Gasteiger charge is -2.07. The summed E-state index contributed by atoms with van der Waals surface area (Å²) in [6, 6.07) is 7.63. The van der Waals surface area contributed by atoms with E-state index in [9.17, 15) is 4.39 Å². The topological polar surface area (TPSA) is 36.7 Å². The highest BCUT2D eigenvalue weighted by Gasteiger charge is 2.12. The summed E-state index contributed by atoms with van der Waals surface area (Å²) < 4.78 is 13.4. The van der Waals surface area contributed by atoms with Gasteiger partial charge < -0.3 is 0 Å². The molecule has 0 saturated heterocycles. The maximum atomic E-state index is 13.4. The van der Waals surface area contributed by atoms with Crippen LogP contribution in [0, 0.1) is 17.1 Å². The van der Waals surface area contributed by atoms with Gasteiger partial charge in [0.05, 0.1) is 38.9 Å². The van der Waals surface area contributed by atoms with Crippen molar-refractivity contribution in [2.75, 3.05) is 0 Å². The molecule has 19 heavy (non-hydrogen) atoms. The molecule has 0 amide bonds. The molecule has 0 saturated carbocycles. The van der Waals surface area contributed by atoms with Crippen LogP contribution >= 0.6 is 34.8 Å². The third-order valence-corrected chi connectivity index (χ3v) is 3.49. The molecule has 0 aliphatic heterocycles. The lowest BCUT2D eigenvalue weighted by molar-refractivity contribution is 0.606. The molecule has 6 heteroatoms. The van der Waals surface area contributed by atoms with Gasteiger partial charge in [-0.25, -0.2) is 9.37 Å². The summed E-state index contributed by atoms with van der Waals surface area (Å²) >= 11 is 17.8. The van der Waals surface area contributed by atoms with Gasteiger partial charge in [-0.3, -0.25) is 0 Å². The first-order valence-electron chi connectivity index (χ1n) is 5.20. The minimum atomic E-state index is -0.526. The van der Waals surface area contributed by atoms with Gasteiger partial charge >= 0.3 is 0 Å². The number of nitrogens with zero attached hydrogens (tertiary/aromatic N) is 2. The first-order valence-corrected chi connectivity index (χ1v) is 6.33. The van der Waals surface area contributed by atoms with Crippen molar-refractivity contribution in [3.63, 3.8) is 0 Å². The maximum absolute atomic E-state index is 13.4. The maximum Gasteiger partial charge on any atom is 0.145 e. The van der Waals surface area contributed by atoms with Gasteiger partial charge in [-0.05, 0) is 24.3 Å². The second kappa shape index (κ2) is 5.75. The quantitative estimate of drug-likeness (QED) is 0.738. The van der Waals surface area contributed by atoms with Crippen molar-refractivity contribution >= 4 is 34.8 Å². The first kappa shape index (κ1) is 14.1. The monoisotopic (exact) mass is 314 g/mol. The Morgan fingerprint density at radius 2 is 1.79 bits per heavy atom. The van der Waals surface area contributed by atoms with Crippen LogP contribution in [0.5, 0.6) is 0 Å². The van der Waals surface area contributed by atoms with Crippen LogP contribution in [-0.2, 0) is 6.42 Å². The average molecular weight is 316 g/mol. The van der Waals surface area contributed by atoms with Gasteiger partial charge in [-0.1, -0.05) is 34.8 Å². The normalized spacial score (nSPS) is 10.3. The molecular weight excluding hydrogens is 310 g/mol. The summed E-state index contributed by atoms with van der Waals surface area (Å²) in [4.78, 5) is 4.08. The van der Waals surface area contributed by atoms with Crippen molar-refractivity contribution in [1.82, 2.24) is 4.98 Å². The number of pyridine rings is 1. The predicted octanol–water partition coefficient (Wildman–Crippen LogP) is 4.91. The fourth-order valence-electron chi connectivity index (χ4n) is 1.55. The predicted molar refractivity (Wildman–Crippen MR) is 74.0 cm³/mol. The van der Waals surface area contributed by atoms with Gasteiger partial charge in [-0.2, -0.15) is 5.26 Å². The van der Waals surface area contributed by atoms with E-state index in [1.165, 1.54) is 18.2 Å². The Kier molecular flexibility index (Phi) is 4.26. The van der Waals surface area contributed by atoms with E-state index in [1.54, 1.807) is 6.07 Å². The molecule has 0 fully saturated rings. The summed E-state index contributed by atoms with van der Waals surface area (Å²) in [7, 11) is 0. The fraction of sp³-hybridized carbons (Fsp3) is 0.0769. The molecule has 1 heterocycles. The van der Waals surface area contributed by atoms with E-state index in [-0.39, 0.29) is 12.1 Å². The second-order valence-electron chi connectivity index (χ2n) is 3.71. The Bertz CT molecular complexity index is 680. The number of rotatable bonds is 2. The van der Waals surface area contributed by atoms with Crippen LogP contribution in [0.4, 0.5) is 4.39 Å². The summed E-state index contributed by atoms with van der Waals surface area (Å²) in [5.74, 6) is -0.526.